The first-order chi connectivity index (χ1) is 12.0. The lowest BCUT2D eigenvalue weighted by atomic mass is 10.2. The number of aromatic nitrogens is 2. The highest BCUT2D eigenvalue weighted by Gasteiger charge is 2.09. The first kappa shape index (κ1) is 17.2. The third-order valence-corrected chi connectivity index (χ3v) is 4.71. The summed E-state index contributed by atoms with van der Waals surface area (Å²) in [5.74, 6) is 0.573. The molecule has 0 amide bonds. The van der Waals surface area contributed by atoms with Gasteiger partial charge in [-0.05, 0) is 36.4 Å². The fraction of sp³-hybridized carbons (Fsp3) is 0. The Bertz CT molecular complexity index is 1090. The quantitative estimate of drug-likeness (QED) is 0.609. The Labute approximate surface area is 153 Å². The first-order valence-corrected chi connectivity index (χ1v) is 9.47. The monoisotopic (exact) mass is 416 g/mol. The number of halogens is 1. The number of nitrogens with zero attached hydrogens (tertiary/aromatic N) is 2. The van der Waals surface area contributed by atoms with Gasteiger partial charge < -0.3 is 5.32 Å². The second kappa shape index (κ2) is 7.06. The van der Waals surface area contributed by atoms with Crippen LogP contribution in [-0.2, 0) is 10.0 Å². The Morgan fingerprint density at radius 1 is 1.12 bits per heavy atom. The van der Waals surface area contributed by atoms with Crippen molar-refractivity contribution in [3.05, 3.63) is 71.0 Å². The van der Waals surface area contributed by atoms with E-state index in [4.69, 9.17) is 0 Å². The molecule has 0 saturated carbocycles. The molecule has 0 bridgehead atoms. The van der Waals surface area contributed by atoms with Crippen LogP contribution in [0.3, 0.4) is 0 Å². The normalized spacial score (nSPS) is 10.9. The second-order valence-corrected chi connectivity index (χ2v) is 7.50. The number of rotatable bonds is 5. The zero-order valence-electron chi connectivity index (χ0n) is 12.9. The van der Waals surface area contributed by atoms with Crippen molar-refractivity contribution in [1.82, 2.24) is 9.97 Å². The third-order valence-electron chi connectivity index (χ3n) is 3.22. The SMILES string of the molecule is C=C=CS(=O)(=O)Nc1ccc2ncnc(Nc3cccc(Br)c3)c2c1. The fourth-order valence-corrected chi connectivity index (χ4v) is 3.36. The van der Waals surface area contributed by atoms with Crippen LogP contribution >= 0.6 is 15.9 Å². The van der Waals surface area contributed by atoms with E-state index in [1.54, 1.807) is 18.2 Å². The summed E-state index contributed by atoms with van der Waals surface area (Å²) in [4.78, 5) is 8.47. The molecule has 0 spiro atoms. The Morgan fingerprint density at radius 2 is 1.96 bits per heavy atom. The van der Waals surface area contributed by atoms with E-state index in [2.05, 4.69) is 48.2 Å². The summed E-state index contributed by atoms with van der Waals surface area (Å²) in [6.45, 7) is 3.27. The molecule has 0 aliphatic heterocycles. The van der Waals surface area contributed by atoms with Gasteiger partial charge in [0.2, 0.25) is 0 Å². The largest absolute Gasteiger partial charge is 0.340 e. The van der Waals surface area contributed by atoms with Crippen molar-refractivity contribution < 1.29 is 8.42 Å². The number of hydrogen-bond donors (Lipinski definition) is 2. The van der Waals surface area contributed by atoms with Gasteiger partial charge in [0.05, 0.1) is 10.9 Å². The number of fused-ring (bicyclic) bond motifs is 1. The van der Waals surface area contributed by atoms with Crippen LogP contribution in [0.15, 0.2) is 71.0 Å². The lowest BCUT2D eigenvalue weighted by Crippen LogP contribution is -2.08. The van der Waals surface area contributed by atoms with Gasteiger partial charge in [-0.1, -0.05) is 28.6 Å². The second-order valence-electron chi connectivity index (χ2n) is 5.06. The molecule has 0 atom stereocenters. The Kier molecular flexibility index (Phi) is 4.85. The van der Waals surface area contributed by atoms with Crippen LogP contribution in [0, 0.1) is 0 Å². The Hall–Kier alpha value is -2.67. The highest BCUT2D eigenvalue weighted by Crippen LogP contribution is 2.27. The molecule has 1 aromatic heterocycles. The van der Waals surface area contributed by atoms with Gasteiger partial charge in [0, 0.05) is 21.2 Å². The molecule has 0 saturated heterocycles. The average molecular weight is 417 g/mol. The van der Waals surface area contributed by atoms with E-state index in [1.165, 1.54) is 6.33 Å². The van der Waals surface area contributed by atoms with E-state index in [9.17, 15) is 8.42 Å². The van der Waals surface area contributed by atoms with Gasteiger partial charge in [-0.3, -0.25) is 4.72 Å². The molecule has 6 nitrogen and oxygen atoms in total. The summed E-state index contributed by atoms with van der Waals surface area (Å²) in [6.07, 6.45) is 1.45. The van der Waals surface area contributed by atoms with E-state index in [-0.39, 0.29) is 0 Å². The summed E-state index contributed by atoms with van der Waals surface area (Å²) in [5, 5.41) is 4.77. The van der Waals surface area contributed by atoms with Crippen LogP contribution in [0.2, 0.25) is 0 Å². The minimum absolute atomic E-state index is 0.395. The van der Waals surface area contributed by atoms with Crippen molar-refractivity contribution in [2.45, 2.75) is 0 Å². The van der Waals surface area contributed by atoms with Gasteiger partial charge in [0.1, 0.15) is 12.1 Å². The molecule has 1 heterocycles. The summed E-state index contributed by atoms with van der Waals surface area (Å²) < 4.78 is 27.0. The topological polar surface area (TPSA) is 84.0 Å². The minimum atomic E-state index is -3.65. The fourth-order valence-electron chi connectivity index (χ4n) is 2.23. The van der Waals surface area contributed by atoms with Gasteiger partial charge >= 0.3 is 0 Å². The Morgan fingerprint density at radius 3 is 2.72 bits per heavy atom. The van der Waals surface area contributed by atoms with E-state index in [0.717, 1.165) is 15.6 Å². The summed E-state index contributed by atoms with van der Waals surface area (Å²) in [7, 11) is -3.65. The molecule has 2 aromatic carbocycles. The number of benzene rings is 2. The summed E-state index contributed by atoms with van der Waals surface area (Å²) in [6, 6.07) is 12.7. The van der Waals surface area contributed by atoms with E-state index in [0.29, 0.717) is 22.4 Å². The van der Waals surface area contributed by atoms with Crippen molar-refractivity contribution >= 4 is 54.0 Å². The number of nitrogens with one attached hydrogen (secondary N) is 2. The molecule has 0 unspecified atom stereocenters. The van der Waals surface area contributed by atoms with Gasteiger partial charge in [0.25, 0.3) is 10.0 Å². The van der Waals surface area contributed by atoms with Crippen LogP contribution in [0.4, 0.5) is 17.2 Å². The standard InChI is InChI=1S/C17H13BrN4O2S/c1-2-8-25(23,24)22-14-6-7-16-15(10-14)17(20-11-19-16)21-13-5-3-4-12(18)9-13/h3-11,22H,1H2,(H,19,20,21). The van der Waals surface area contributed by atoms with Crippen LogP contribution < -0.4 is 10.0 Å². The molecule has 3 aromatic rings. The zero-order chi connectivity index (χ0) is 17.9. The van der Waals surface area contributed by atoms with E-state index < -0.39 is 10.0 Å². The van der Waals surface area contributed by atoms with Gasteiger partial charge in [-0.2, -0.15) is 0 Å². The van der Waals surface area contributed by atoms with Gasteiger partial charge in [-0.15, -0.1) is 5.73 Å². The molecule has 126 valence electrons. The van der Waals surface area contributed by atoms with Crippen molar-refractivity contribution in [1.29, 1.82) is 0 Å². The summed E-state index contributed by atoms with van der Waals surface area (Å²) >= 11 is 3.42. The van der Waals surface area contributed by atoms with Crippen LogP contribution in [-0.4, -0.2) is 18.4 Å². The predicted molar refractivity (Wildman–Crippen MR) is 103 cm³/mol. The summed E-state index contributed by atoms with van der Waals surface area (Å²) in [5.41, 5.74) is 4.17. The van der Waals surface area contributed by atoms with E-state index in [1.807, 2.05) is 24.3 Å². The lowest BCUT2D eigenvalue weighted by molar-refractivity contribution is 0.609. The molecule has 8 heteroatoms. The third kappa shape index (κ3) is 4.24. The van der Waals surface area contributed by atoms with Crippen LogP contribution in [0.25, 0.3) is 10.9 Å². The van der Waals surface area contributed by atoms with Crippen molar-refractivity contribution in [2.75, 3.05) is 10.0 Å². The van der Waals surface area contributed by atoms with Crippen molar-refractivity contribution in [3.63, 3.8) is 0 Å². The lowest BCUT2D eigenvalue weighted by Gasteiger charge is -2.10. The zero-order valence-corrected chi connectivity index (χ0v) is 15.3. The number of anilines is 3. The van der Waals surface area contributed by atoms with Crippen LogP contribution in [0.1, 0.15) is 0 Å². The highest BCUT2D eigenvalue weighted by molar-refractivity contribution is 9.10. The van der Waals surface area contributed by atoms with Crippen LogP contribution in [0.5, 0.6) is 0 Å². The maximum absolute atomic E-state index is 11.8. The molecule has 0 radical (unpaired) electrons. The number of hydrogen-bond acceptors (Lipinski definition) is 5. The van der Waals surface area contributed by atoms with Crippen molar-refractivity contribution in [3.8, 4) is 0 Å². The Balaban J connectivity index is 2.02. The molecule has 0 aliphatic carbocycles. The number of sulfonamides is 1. The molecule has 25 heavy (non-hydrogen) atoms. The maximum Gasteiger partial charge on any atom is 0.262 e. The van der Waals surface area contributed by atoms with E-state index >= 15 is 0 Å². The van der Waals surface area contributed by atoms with Crippen molar-refractivity contribution in [2.24, 2.45) is 0 Å². The molecular formula is C17H13BrN4O2S. The minimum Gasteiger partial charge on any atom is -0.340 e. The molecule has 2 N–H and O–H groups in total. The maximum atomic E-state index is 11.8. The average Bonchev–Trinajstić information content (AvgIpc) is 2.55. The smallest absolute Gasteiger partial charge is 0.262 e. The highest BCUT2D eigenvalue weighted by atomic mass is 79.9. The molecule has 3 rings (SSSR count). The molecule has 0 aliphatic rings. The van der Waals surface area contributed by atoms with Gasteiger partial charge in [-0.25, -0.2) is 18.4 Å². The van der Waals surface area contributed by atoms with Gasteiger partial charge in [0.15, 0.2) is 0 Å². The predicted octanol–water partition coefficient (Wildman–Crippen LogP) is 4.18. The molecular weight excluding hydrogens is 404 g/mol. The molecule has 0 fully saturated rings. The first-order valence-electron chi connectivity index (χ1n) is 7.13.